The van der Waals surface area contributed by atoms with E-state index in [9.17, 15) is 22.8 Å². The van der Waals surface area contributed by atoms with Crippen LogP contribution >= 0.6 is 23.4 Å². The standard InChI is InChI=1S/C25H22ClF3N6O2S/c26-18-3-2-16(19(11-18)25(27,28)29)13-35-20-4-1-15(9-17(20)12-32-35)10-21-23(37)33-24(38-21)31-6-8-34-7-5-30-22(36)14-34/h1-4,9-12H,5-8,13-14H2,(H,30,36)(H,31,33,37). The van der Waals surface area contributed by atoms with Crippen LogP contribution < -0.4 is 10.6 Å². The van der Waals surface area contributed by atoms with E-state index in [1.54, 1.807) is 24.4 Å². The van der Waals surface area contributed by atoms with E-state index in [0.29, 0.717) is 41.8 Å². The monoisotopic (exact) mass is 562 g/mol. The number of alkyl halides is 3. The molecule has 0 unspecified atom stereocenters. The molecule has 0 atom stereocenters. The molecule has 3 heterocycles. The van der Waals surface area contributed by atoms with Crippen LogP contribution in [0, 0.1) is 0 Å². The maximum Gasteiger partial charge on any atom is 0.416 e. The molecule has 3 aromatic rings. The van der Waals surface area contributed by atoms with Crippen molar-refractivity contribution >= 4 is 57.3 Å². The van der Waals surface area contributed by atoms with Crippen molar-refractivity contribution in [2.45, 2.75) is 12.7 Å². The third-order valence-electron chi connectivity index (χ3n) is 6.10. The average Bonchev–Trinajstić information content (AvgIpc) is 3.42. The summed E-state index contributed by atoms with van der Waals surface area (Å²) in [6.45, 7) is 2.89. The summed E-state index contributed by atoms with van der Waals surface area (Å²) in [5, 5.41) is 11.4. The molecule has 2 aliphatic heterocycles. The van der Waals surface area contributed by atoms with E-state index in [4.69, 9.17) is 11.6 Å². The SMILES string of the molecule is O=C1CN(CCNC2=NC(=O)C(=Cc3ccc4c(cnn4Cc4ccc(Cl)cc4C(F)(F)F)c3)S2)CCN1. The topological polar surface area (TPSA) is 91.6 Å². The molecule has 198 valence electrons. The maximum atomic E-state index is 13.5. The van der Waals surface area contributed by atoms with Gasteiger partial charge in [0, 0.05) is 36.6 Å². The van der Waals surface area contributed by atoms with Gasteiger partial charge in [-0.05, 0) is 53.2 Å². The molecule has 1 aromatic heterocycles. The highest BCUT2D eigenvalue weighted by Gasteiger charge is 2.33. The number of nitrogens with zero attached hydrogens (tertiary/aromatic N) is 4. The number of amidine groups is 1. The van der Waals surface area contributed by atoms with Gasteiger partial charge in [0.05, 0.1) is 35.3 Å². The van der Waals surface area contributed by atoms with Gasteiger partial charge >= 0.3 is 6.18 Å². The van der Waals surface area contributed by atoms with Gasteiger partial charge in [-0.15, -0.1) is 0 Å². The Labute approximate surface area is 224 Å². The molecule has 2 N–H and O–H groups in total. The number of aliphatic imine (C=N–C) groups is 1. The second-order valence-corrected chi connectivity index (χ2v) is 10.3. The number of rotatable bonds is 6. The number of thioether (sulfide) groups is 1. The summed E-state index contributed by atoms with van der Waals surface area (Å²) in [7, 11) is 0. The molecular weight excluding hydrogens is 541 g/mol. The van der Waals surface area contributed by atoms with Crippen molar-refractivity contribution in [3.05, 3.63) is 69.2 Å². The Bertz CT molecular complexity index is 1470. The first kappa shape index (κ1) is 26.3. The minimum absolute atomic E-state index is 0.00257. The van der Waals surface area contributed by atoms with E-state index in [1.807, 2.05) is 11.0 Å². The molecular formula is C25H22ClF3N6O2S. The highest BCUT2D eigenvalue weighted by molar-refractivity contribution is 8.18. The van der Waals surface area contributed by atoms with Crippen molar-refractivity contribution in [1.82, 2.24) is 25.3 Å². The van der Waals surface area contributed by atoms with E-state index in [2.05, 4.69) is 20.7 Å². The third kappa shape index (κ3) is 6.03. The fourth-order valence-electron chi connectivity index (χ4n) is 4.27. The quantitative estimate of drug-likeness (QED) is 0.445. The fraction of sp³-hybridized carbons (Fsp3) is 0.280. The van der Waals surface area contributed by atoms with Crippen molar-refractivity contribution in [1.29, 1.82) is 0 Å². The highest BCUT2D eigenvalue weighted by atomic mass is 35.5. The Morgan fingerprint density at radius 3 is 2.82 bits per heavy atom. The number of amides is 2. The highest BCUT2D eigenvalue weighted by Crippen LogP contribution is 2.34. The van der Waals surface area contributed by atoms with Crippen molar-refractivity contribution < 1.29 is 22.8 Å². The van der Waals surface area contributed by atoms with E-state index >= 15 is 0 Å². The molecule has 8 nitrogen and oxygen atoms in total. The van der Waals surface area contributed by atoms with Crippen LogP contribution in [0.5, 0.6) is 0 Å². The zero-order valence-corrected chi connectivity index (χ0v) is 21.5. The first-order valence-electron chi connectivity index (χ1n) is 11.7. The number of hydrogen-bond acceptors (Lipinski definition) is 6. The van der Waals surface area contributed by atoms with Gasteiger partial charge in [0.1, 0.15) is 0 Å². The number of aromatic nitrogens is 2. The van der Waals surface area contributed by atoms with E-state index in [0.717, 1.165) is 23.6 Å². The van der Waals surface area contributed by atoms with Crippen LogP contribution in [0.1, 0.15) is 16.7 Å². The average molecular weight is 563 g/mol. The number of carbonyl (C=O) groups excluding carboxylic acids is 2. The largest absolute Gasteiger partial charge is 0.416 e. The smallest absolute Gasteiger partial charge is 0.363 e. The summed E-state index contributed by atoms with van der Waals surface area (Å²) in [6, 6.07) is 9.06. The number of benzene rings is 2. The zero-order chi connectivity index (χ0) is 26.9. The van der Waals surface area contributed by atoms with Crippen molar-refractivity contribution in [3.63, 3.8) is 0 Å². The van der Waals surface area contributed by atoms with Crippen LogP contribution in [0.4, 0.5) is 13.2 Å². The molecule has 0 spiro atoms. The summed E-state index contributed by atoms with van der Waals surface area (Å²) < 4.78 is 42.0. The molecule has 38 heavy (non-hydrogen) atoms. The van der Waals surface area contributed by atoms with Crippen LogP contribution in [-0.2, 0) is 22.3 Å². The van der Waals surface area contributed by atoms with Crippen molar-refractivity contribution in [2.24, 2.45) is 4.99 Å². The summed E-state index contributed by atoms with van der Waals surface area (Å²) in [4.78, 5) is 30.4. The lowest BCUT2D eigenvalue weighted by molar-refractivity contribution is -0.138. The zero-order valence-electron chi connectivity index (χ0n) is 19.9. The molecule has 13 heteroatoms. The minimum Gasteiger partial charge on any atom is -0.363 e. The van der Waals surface area contributed by atoms with Gasteiger partial charge < -0.3 is 10.6 Å². The van der Waals surface area contributed by atoms with Crippen LogP contribution in [0.2, 0.25) is 5.02 Å². The lowest BCUT2D eigenvalue weighted by Gasteiger charge is -2.26. The fourth-order valence-corrected chi connectivity index (χ4v) is 5.28. The van der Waals surface area contributed by atoms with Gasteiger partial charge in [0.2, 0.25) is 5.91 Å². The Morgan fingerprint density at radius 1 is 1.18 bits per heavy atom. The predicted molar refractivity (Wildman–Crippen MR) is 141 cm³/mol. The molecule has 2 aromatic carbocycles. The van der Waals surface area contributed by atoms with Gasteiger partial charge in [-0.25, -0.2) is 0 Å². The molecule has 0 bridgehead atoms. The number of hydrogen-bond donors (Lipinski definition) is 2. The normalized spacial score (nSPS) is 17.8. The van der Waals surface area contributed by atoms with E-state index < -0.39 is 11.7 Å². The van der Waals surface area contributed by atoms with Crippen LogP contribution in [0.3, 0.4) is 0 Å². The Morgan fingerprint density at radius 2 is 2.03 bits per heavy atom. The van der Waals surface area contributed by atoms with E-state index in [-0.39, 0.29) is 28.9 Å². The molecule has 1 saturated heterocycles. The number of carbonyl (C=O) groups is 2. The lowest BCUT2D eigenvalue weighted by atomic mass is 10.1. The van der Waals surface area contributed by atoms with Crippen LogP contribution in [-0.4, -0.2) is 64.4 Å². The second-order valence-electron chi connectivity index (χ2n) is 8.81. The molecule has 2 amide bonds. The summed E-state index contributed by atoms with van der Waals surface area (Å²) in [5.41, 5.74) is 0.668. The third-order valence-corrected chi connectivity index (χ3v) is 7.28. The molecule has 0 saturated carbocycles. The number of nitrogens with one attached hydrogen (secondary N) is 2. The van der Waals surface area contributed by atoms with Gasteiger partial charge in [-0.3, -0.25) is 19.2 Å². The lowest BCUT2D eigenvalue weighted by Crippen LogP contribution is -2.49. The van der Waals surface area contributed by atoms with Gasteiger partial charge in [0.25, 0.3) is 5.91 Å². The van der Waals surface area contributed by atoms with Crippen molar-refractivity contribution in [2.75, 3.05) is 32.7 Å². The summed E-state index contributed by atoms with van der Waals surface area (Å²) in [5.74, 6) is -0.351. The Hall–Kier alpha value is -3.35. The number of piperazine rings is 1. The minimum atomic E-state index is -4.53. The molecule has 0 aliphatic carbocycles. The maximum absolute atomic E-state index is 13.5. The van der Waals surface area contributed by atoms with Gasteiger partial charge in [-0.2, -0.15) is 23.3 Å². The van der Waals surface area contributed by atoms with E-state index in [1.165, 1.54) is 28.6 Å². The first-order valence-corrected chi connectivity index (χ1v) is 12.9. The number of halogens is 4. The van der Waals surface area contributed by atoms with Gasteiger partial charge in [-0.1, -0.05) is 23.7 Å². The molecule has 2 aliphatic rings. The van der Waals surface area contributed by atoms with Crippen molar-refractivity contribution in [3.8, 4) is 0 Å². The molecule has 1 fully saturated rings. The Kier molecular flexibility index (Phi) is 7.46. The first-order chi connectivity index (χ1) is 18.2. The predicted octanol–water partition coefficient (Wildman–Crippen LogP) is 3.75. The van der Waals surface area contributed by atoms with Gasteiger partial charge in [0.15, 0.2) is 5.17 Å². The summed E-state index contributed by atoms with van der Waals surface area (Å²) in [6.07, 6.45) is -1.24. The van der Waals surface area contributed by atoms with Crippen LogP contribution in [0.25, 0.3) is 17.0 Å². The summed E-state index contributed by atoms with van der Waals surface area (Å²) >= 11 is 7.02. The Balaban J connectivity index is 1.25. The number of fused-ring (bicyclic) bond motifs is 1. The van der Waals surface area contributed by atoms with Crippen LogP contribution in [0.15, 0.2) is 52.5 Å². The molecule has 0 radical (unpaired) electrons. The molecule has 5 rings (SSSR count). The second kappa shape index (κ2) is 10.8.